The van der Waals surface area contributed by atoms with Crippen LogP contribution in [-0.2, 0) is 0 Å². The van der Waals surface area contributed by atoms with E-state index >= 15 is 0 Å². The van der Waals surface area contributed by atoms with Crippen LogP contribution in [0, 0.1) is 0 Å². The first kappa shape index (κ1) is 34.6. The molecular weight excluding hydrogens is 757 g/mol. The van der Waals surface area contributed by atoms with Crippen molar-refractivity contribution in [3.63, 3.8) is 0 Å². The summed E-state index contributed by atoms with van der Waals surface area (Å²) in [4.78, 5) is 10.8. The third kappa shape index (κ3) is 5.42. The van der Waals surface area contributed by atoms with E-state index in [1.807, 2.05) is 12.1 Å². The molecule has 12 aromatic rings. The summed E-state index contributed by atoms with van der Waals surface area (Å²) in [5.41, 5.74) is 10.2. The van der Waals surface area contributed by atoms with Crippen LogP contribution in [0.2, 0.25) is 0 Å². The van der Waals surface area contributed by atoms with Crippen LogP contribution >= 0.6 is 0 Å². The minimum atomic E-state index is -0.435. The van der Waals surface area contributed by atoms with E-state index in [1.54, 1.807) is 0 Å². The van der Waals surface area contributed by atoms with E-state index in [9.17, 15) is 0 Å². The Morgan fingerprint density at radius 3 is 1.87 bits per heavy atom. The van der Waals surface area contributed by atoms with E-state index in [2.05, 4.69) is 204 Å². The van der Waals surface area contributed by atoms with Crippen molar-refractivity contribution in [2.45, 2.75) is 6.17 Å². The number of rotatable bonds is 5. The molecule has 10 aromatic carbocycles. The van der Waals surface area contributed by atoms with E-state index in [1.165, 1.54) is 43.3 Å². The second kappa shape index (κ2) is 13.6. The van der Waals surface area contributed by atoms with E-state index in [0.29, 0.717) is 5.84 Å². The first-order valence-corrected chi connectivity index (χ1v) is 21.1. The van der Waals surface area contributed by atoms with Crippen molar-refractivity contribution in [1.29, 1.82) is 0 Å². The summed E-state index contributed by atoms with van der Waals surface area (Å²) in [7, 11) is 0. The van der Waals surface area contributed by atoms with Gasteiger partial charge in [0.1, 0.15) is 23.2 Å². The predicted octanol–water partition coefficient (Wildman–Crippen LogP) is 14.3. The molecule has 0 saturated carbocycles. The van der Waals surface area contributed by atoms with Crippen LogP contribution in [0.15, 0.2) is 221 Å². The first-order valence-electron chi connectivity index (χ1n) is 21.1. The molecular formula is C57H36N4O. The minimum absolute atomic E-state index is 0.435. The maximum atomic E-state index is 6.77. The zero-order valence-corrected chi connectivity index (χ0v) is 33.5. The molecule has 0 bridgehead atoms. The third-order valence-electron chi connectivity index (χ3n) is 12.6. The fourth-order valence-corrected chi connectivity index (χ4v) is 9.70. The summed E-state index contributed by atoms with van der Waals surface area (Å²) in [5, 5.41) is 15.5. The lowest BCUT2D eigenvalue weighted by Gasteiger charge is -2.25. The number of amidine groups is 2. The zero-order chi connectivity index (χ0) is 40.7. The standard InChI is InChI=1S/C57H36N4O/c1-2-14-35(15-3-1)36-26-28-37(29-27-36)55-58-56(60-57(59-55)48-31-40-18-6-7-19-42(40)43-20-8-9-21-44(43)48)41-33-51(54-46-23-11-13-25-52(46)62-53(54)34-41)61-49-24-12-10-22-45(49)47-30-38-16-4-5-17-39(38)32-50(47)61/h1-34,57H,(H,58,59,60). The van der Waals surface area contributed by atoms with Crippen LogP contribution in [0.3, 0.4) is 0 Å². The summed E-state index contributed by atoms with van der Waals surface area (Å²) >= 11 is 0. The number of para-hydroxylation sites is 2. The number of fused-ring (bicyclic) bond motifs is 10. The van der Waals surface area contributed by atoms with Crippen molar-refractivity contribution in [2.24, 2.45) is 9.98 Å². The van der Waals surface area contributed by atoms with Crippen LogP contribution in [-0.4, -0.2) is 16.2 Å². The molecule has 5 heteroatoms. The molecule has 5 nitrogen and oxygen atoms in total. The minimum Gasteiger partial charge on any atom is -0.456 e. The summed E-state index contributed by atoms with van der Waals surface area (Å²) in [5.74, 6) is 1.38. The zero-order valence-electron chi connectivity index (χ0n) is 33.5. The average Bonchev–Trinajstić information content (AvgIpc) is 3.88. The molecule has 1 N–H and O–H groups in total. The number of hydrogen-bond acceptors (Lipinski definition) is 4. The van der Waals surface area contributed by atoms with Gasteiger partial charge in [0.2, 0.25) is 0 Å². The number of hydrogen-bond donors (Lipinski definition) is 1. The van der Waals surface area contributed by atoms with Crippen LogP contribution in [0.5, 0.6) is 0 Å². The lowest BCUT2D eigenvalue weighted by molar-refractivity contribution is 0.667. The fourth-order valence-electron chi connectivity index (χ4n) is 9.70. The Bertz CT molecular complexity index is 3840. The maximum Gasteiger partial charge on any atom is 0.159 e. The molecule has 0 aliphatic carbocycles. The lowest BCUT2D eigenvalue weighted by Crippen LogP contribution is -2.33. The van der Waals surface area contributed by atoms with Gasteiger partial charge in [-0.05, 0) is 85.9 Å². The van der Waals surface area contributed by atoms with Crippen molar-refractivity contribution >= 4 is 87.7 Å². The van der Waals surface area contributed by atoms with Gasteiger partial charge in [0.05, 0.1) is 22.1 Å². The summed E-state index contributed by atoms with van der Waals surface area (Å²) < 4.78 is 9.19. The highest BCUT2D eigenvalue weighted by Crippen LogP contribution is 2.41. The molecule has 1 atom stereocenters. The van der Waals surface area contributed by atoms with E-state index in [4.69, 9.17) is 14.4 Å². The van der Waals surface area contributed by atoms with Gasteiger partial charge in [-0.15, -0.1) is 0 Å². The molecule has 0 spiro atoms. The van der Waals surface area contributed by atoms with Crippen LogP contribution in [0.4, 0.5) is 0 Å². The van der Waals surface area contributed by atoms with E-state index in [-0.39, 0.29) is 0 Å². The second-order valence-electron chi connectivity index (χ2n) is 16.2. The van der Waals surface area contributed by atoms with Gasteiger partial charge in [0, 0.05) is 32.8 Å². The molecule has 0 amide bonds. The van der Waals surface area contributed by atoms with Crippen molar-refractivity contribution < 1.29 is 4.42 Å². The molecule has 0 saturated heterocycles. The Morgan fingerprint density at radius 2 is 1.05 bits per heavy atom. The number of benzene rings is 10. The molecule has 13 rings (SSSR count). The Kier molecular flexibility index (Phi) is 7.60. The molecule has 290 valence electrons. The van der Waals surface area contributed by atoms with E-state index < -0.39 is 6.17 Å². The van der Waals surface area contributed by atoms with Crippen LogP contribution in [0.1, 0.15) is 22.9 Å². The van der Waals surface area contributed by atoms with Crippen LogP contribution < -0.4 is 5.32 Å². The van der Waals surface area contributed by atoms with Gasteiger partial charge in [0.25, 0.3) is 0 Å². The number of furan rings is 1. The predicted molar refractivity (Wildman–Crippen MR) is 258 cm³/mol. The topological polar surface area (TPSA) is 54.8 Å². The fraction of sp³-hybridized carbons (Fsp3) is 0.0175. The highest BCUT2D eigenvalue weighted by molar-refractivity contribution is 6.20. The second-order valence-corrected chi connectivity index (χ2v) is 16.2. The van der Waals surface area contributed by atoms with Gasteiger partial charge in [-0.1, -0.05) is 164 Å². The summed E-state index contributed by atoms with van der Waals surface area (Å²) in [6, 6.07) is 73.4. The molecule has 62 heavy (non-hydrogen) atoms. The smallest absolute Gasteiger partial charge is 0.159 e. The third-order valence-corrected chi connectivity index (χ3v) is 12.6. The number of aliphatic imine (C=N–C) groups is 2. The molecule has 1 aliphatic rings. The van der Waals surface area contributed by atoms with Crippen molar-refractivity contribution in [2.75, 3.05) is 0 Å². The van der Waals surface area contributed by atoms with Crippen molar-refractivity contribution in [1.82, 2.24) is 9.88 Å². The normalized spacial score (nSPS) is 14.3. The largest absolute Gasteiger partial charge is 0.456 e. The monoisotopic (exact) mass is 792 g/mol. The highest BCUT2D eigenvalue weighted by atomic mass is 16.3. The molecule has 1 unspecified atom stereocenters. The SMILES string of the molecule is c1ccc(-c2ccc(C3=NC(c4cc5ccccc5c5ccccc45)NC(c4cc(-n5c6ccccc6c6cc7ccccc7cc65)c5c(c4)oc4ccccc45)=N3)cc2)cc1. The Morgan fingerprint density at radius 1 is 0.419 bits per heavy atom. The van der Waals surface area contributed by atoms with Gasteiger partial charge in [0.15, 0.2) is 5.84 Å². The Hall–Kier alpha value is -8.28. The summed E-state index contributed by atoms with van der Waals surface area (Å²) in [6.07, 6.45) is -0.435. The van der Waals surface area contributed by atoms with Crippen molar-refractivity contribution in [3.05, 3.63) is 223 Å². The molecule has 0 fully saturated rings. The van der Waals surface area contributed by atoms with Gasteiger partial charge in [-0.3, -0.25) is 0 Å². The summed E-state index contributed by atoms with van der Waals surface area (Å²) in [6.45, 7) is 0. The van der Waals surface area contributed by atoms with E-state index in [0.717, 1.165) is 72.1 Å². The first-order chi connectivity index (χ1) is 30.7. The quantitative estimate of drug-likeness (QED) is 0.177. The number of aromatic nitrogens is 1. The van der Waals surface area contributed by atoms with Gasteiger partial charge < -0.3 is 14.3 Å². The van der Waals surface area contributed by atoms with Gasteiger partial charge in [-0.25, -0.2) is 9.98 Å². The molecule has 1 aliphatic heterocycles. The molecule has 0 radical (unpaired) electrons. The lowest BCUT2D eigenvalue weighted by atomic mass is 9.95. The van der Waals surface area contributed by atoms with Crippen molar-refractivity contribution in [3.8, 4) is 16.8 Å². The number of nitrogens with zero attached hydrogens (tertiary/aromatic N) is 3. The molecule has 3 heterocycles. The maximum absolute atomic E-state index is 6.77. The number of nitrogens with one attached hydrogen (secondary N) is 1. The Balaban J connectivity index is 1.06. The Labute approximate surface area is 356 Å². The van der Waals surface area contributed by atoms with Gasteiger partial charge in [-0.2, -0.15) is 0 Å². The van der Waals surface area contributed by atoms with Crippen LogP contribution in [0.25, 0.3) is 92.9 Å². The van der Waals surface area contributed by atoms with Gasteiger partial charge >= 0.3 is 0 Å². The average molecular weight is 793 g/mol. The molecule has 2 aromatic heterocycles. The highest BCUT2D eigenvalue weighted by Gasteiger charge is 2.26.